The van der Waals surface area contributed by atoms with Gasteiger partial charge in [-0.25, -0.2) is 15.0 Å². The summed E-state index contributed by atoms with van der Waals surface area (Å²) in [6.45, 7) is 2.39. The van der Waals surface area contributed by atoms with Crippen LogP contribution in [0.15, 0.2) is 17.0 Å². The van der Waals surface area contributed by atoms with Gasteiger partial charge in [-0.1, -0.05) is 0 Å². The number of hydrogen-bond acceptors (Lipinski definition) is 5. The molecule has 6 nitrogen and oxygen atoms in total. The topological polar surface area (TPSA) is 79.4 Å². The molecule has 0 amide bonds. The number of halogens is 1. The van der Waals surface area contributed by atoms with Crippen LogP contribution in [0.5, 0.6) is 0 Å². The fourth-order valence-electron chi connectivity index (χ4n) is 1.04. The fraction of sp³-hybridized carbons (Fsp3) is 0.250. The Morgan fingerprint density at radius 1 is 1.40 bits per heavy atom. The molecule has 0 unspecified atom stereocenters. The molecule has 78 valence electrons. The first-order valence-corrected chi connectivity index (χ1v) is 5.12. The van der Waals surface area contributed by atoms with Crippen LogP contribution in [0.3, 0.4) is 0 Å². The molecule has 0 aliphatic heterocycles. The zero-order valence-corrected chi connectivity index (χ0v) is 9.61. The van der Waals surface area contributed by atoms with Crippen molar-refractivity contribution < 1.29 is 0 Å². The quantitative estimate of drug-likeness (QED) is 0.877. The van der Waals surface area contributed by atoms with Crippen LogP contribution in [0.2, 0.25) is 0 Å². The van der Waals surface area contributed by atoms with Gasteiger partial charge in [-0.2, -0.15) is 5.10 Å². The predicted octanol–water partition coefficient (Wildman–Crippen LogP) is 1.28. The number of aryl methyl sites for hydroxylation is 1. The van der Waals surface area contributed by atoms with E-state index in [4.69, 9.17) is 0 Å². The van der Waals surface area contributed by atoms with Crippen molar-refractivity contribution in [2.45, 2.75) is 13.5 Å². The second-order valence-electron chi connectivity index (χ2n) is 2.91. The summed E-state index contributed by atoms with van der Waals surface area (Å²) in [7, 11) is 0. The molecule has 0 saturated carbocycles. The predicted molar refractivity (Wildman–Crippen MR) is 58.2 cm³/mol. The average molecular weight is 269 g/mol. The number of anilines is 1. The molecular weight excluding hydrogens is 260 g/mol. The Balaban J connectivity index is 1.96. The molecule has 7 heteroatoms. The lowest BCUT2D eigenvalue weighted by atomic mass is 10.5. The third-order valence-electron chi connectivity index (χ3n) is 1.69. The van der Waals surface area contributed by atoms with Crippen LogP contribution >= 0.6 is 15.9 Å². The van der Waals surface area contributed by atoms with Crippen LogP contribution in [0.1, 0.15) is 11.6 Å². The molecular formula is C8H9BrN6. The van der Waals surface area contributed by atoms with Gasteiger partial charge < -0.3 is 5.32 Å². The number of rotatable bonds is 3. The number of aromatic nitrogens is 5. The lowest BCUT2D eigenvalue weighted by molar-refractivity contribution is 0.942. The summed E-state index contributed by atoms with van der Waals surface area (Å²) < 4.78 is 0.710. The Hall–Kier alpha value is -1.50. The van der Waals surface area contributed by atoms with Gasteiger partial charge in [-0.3, -0.25) is 5.10 Å². The van der Waals surface area contributed by atoms with Crippen molar-refractivity contribution >= 4 is 21.7 Å². The van der Waals surface area contributed by atoms with E-state index in [0.29, 0.717) is 22.8 Å². The zero-order valence-electron chi connectivity index (χ0n) is 8.03. The average Bonchev–Trinajstić information content (AvgIpc) is 2.64. The molecule has 0 bridgehead atoms. The summed E-state index contributed by atoms with van der Waals surface area (Å²) in [5, 5.41) is 9.82. The van der Waals surface area contributed by atoms with Gasteiger partial charge in [0.25, 0.3) is 0 Å². The molecule has 2 N–H and O–H groups in total. The highest BCUT2D eigenvalue weighted by molar-refractivity contribution is 9.10. The van der Waals surface area contributed by atoms with Gasteiger partial charge in [0.15, 0.2) is 5.82 Å². The molecule has 2 aromatic rings. The summed E-state index contributed by atoms with van der Waals surface area (Å²) in [6.07, 6.45) is 3.27. The lowest BCUT2D eigenvalue weighted by Gasteiger charge is -2.00. The van der Waals surface area contributed by atoms with E-state index in [1.165, 1.54) is 0 Å². The Bertz CT molecular complexity index is 437. The lowest BCUT2D eigenvalue weighted by Crippen LogP contribution is -2.03. The van der Waals surface area contributed by atoms with E-state index >= 15 is 0 Å². The Morgan fingerprint density at radius 2 is 2.27 bits per heavy atom. The van der Waals surface area contributed by atoms with E-state index in [1.807, 2.05) is 6.92 Å². The van der Waals surface area contributed by atoms with Gasteiger partial charge in [0.05, 0.1) is 18.9 Å². The molecule has 0 radical (unpaired) electrons. The number of nitrogens with one attached hydrogen (secondary N) is 2. The molecule has 0 aromatic carbocycles. The maximum Gasteiger partial charge on any atom is 0.169 e. The standard InChI is InChI=1S/C8H9BrN6/c1-5-13-8(15-14-5)4-12-7-3-10-6(9)2-11-7/h2-3H,4H2,1H3,(H,11,12)(H,13,14,15). The third kappa shape index (κ3) is 2.72. The zero-order chi connectivity index (χ0) is 10.7. The first-order chi connectivity index (χ1) is 7.24. The monoisotopic (exact) mass is 268 g/mol. The highest BCUT2D eigenvalue weighted by Crippen LogP contribution is 2.06. The van der Waals surface area contributed by atoms with Crippen molar-refractivity contribution in [3.63, 3.8) is 0 Å². The van der Waals surface area contributed by atoms with Crippen LogP contribution in [0.25, 0.3) is 0 Å². The van der Waals surface area contributed by atoms with Crippen molar-refractivity contribution in [3.8, 4) is 0 Å². The molecule has 15 heavy (non-hydrogen) atoms. The largest absolute Gasteiger partial charge is 0.361 e. The summed E-state index contributed by atoms with van der Waals surface area (Å²) in [6, 6.07) is 0. The van der Waals surface area contributed by atoms with Crippen LogP contribution in [0.4, 0.5) is 5.82 Å². The Morgan fingerprint density at radius 3 is 2.87 bits per heavy atom. The Labute approximate surface area is 94.7 Å². The highest BCUT2D eigenvalue weighted by atomic mass is 79.9. The number of aromatic amines is 1. The SMILES string of the molecule is Cc1nc(CNc2cnc(Br)cn2)n[nH]1. The number of hydrogen-bond donors (Lipinski definition) is 2. The van der Waals surface area contributed by atoms with E-state index in [-0.39, 0.29) is 0 Å². The van der Waals surface area contributed by atoms with Gasteiger partial charge in [0.2, 0.25) is 0 Å². The molecule has 0 saturated heterocycles. The first-order valence-electron chi connectivity index (χ1n) is 4.33. The number of H-pyrrole nitrogens is 1. The summed E-state index contributed by atoms with van der Waals surface area (Å²) in [4.78, 5) is 12.3. The van der Waals surface area contributed by atoms with Gasteiger partial charge >= 0.3 is 0 Å². The van der Waals surface area contributed by atoms with Gasteiger partial charge in [0.1, 0.15) is 16.2 Å². The highest BCUT2D eigenvalue weighted by Gasteiger charge is 2.00. The maximum atomic E-state index is 4.16. The third-order valence-corrected chi connectivity index (χ3v) is 2.10. The molecule has 0 aliphatic rings. The number of nitrogens with zero attached hydrogens (tertiary/aromatic N) is 4. The molecule has 0 fully saturated rings. The van der Waals surface area contributed by atoms with Crippen LogP contribution in [0, 0.1) is 6.92 Å². The van der Waals surface area contributed by atoms with Gasteiger partial charge in [0, 0.05) is 0 Å². The van der Waals surface area contributed by atoms with Crippen LogP contribution in [-0.2, 0) is 6.54 Å². The van der Waals surface area contributed by atoms with E-state index in [9.17, 15) is 0 Å². The summed E-state index contributed by atoms with van der Waals surface area (Å²) in [5.74, 6) is 2.20. The molecule has 2 heterocycles. The maximum absolute atomic E-state index is 4.16. The second kappa shape index (κ2) is 4.35. The minimum atomic E-state index is 0.528. The minimum absolute atomic E-state index is 0.528. The Kier molecular flexibility index (Phi) is 2.91. The van der Waals surface area contributed by atoms with Gasteiger partial charge in [-0.15, -0.1) is 0 Å². The molecule has 0 spiro atoms. The smallest absolute Gasteiger partial charge is 0.169 e. The van der Waals surface area contributed by atoms with E-state index in [2.05, 4.69) is 46.4 Å². The van der Waals surface area contributed by atoms with Crippen molar-refractivity contribution in [3.05, 3.63) is 28.6 Å². The summed E-state index contributed by atoms with van der Waals surface area (Å²) in [5.41, 5.74) is 0. The molecule has 2 aromatic heterocycles. The molecule has 0 atom stereocenters. The normalized spacial score (nSPS) is 10.3. The van der Waals surface area contributed by atoms with Crippen molar-refractivity contribution in [2.24, 2.45) is 0 Å². The second-order valence-corrected chi connectivity index (χ2v) is 3.73. The van der Waals surface area contributed by atoms with E-state index in [0.717, 1.165) is 5.82 Å². The molecule has 2 rings (SSSR count). The van der Waals surface area contributed by atoms with Crippen LogP contribution in [-0.4, -0.2) is 25.1 Å². The van der Waals surface area contributed by atoms with Gasteiger partial charge in [-0.05, 0) is 22.9 Å². The summed E-state index contributed by atoms with van der Waals surface area (Å²) >= 11 is 3.21. The van der Waals surface area contributed by atoms with Crippen molar-refractivity contribution in [2.75, 3.05) is 5.32 Å². The first kappa shape index (κ1) is 10.0. The van der Waals surface area contributed by atoms with E-state index in [1.54, 1.807) is 12.4 Å². The van der Waals surface area contributed by atoms with Crippen molar-refractivity contribution in [1.29, 1.82) is 0 Å². The van der Waals surface area contributed by atoms with Crippen LogP contribution < -0.4 is 5.32 Å². The minimum Gasteiger partial charge on any atom is -0.361 e. The van der Waals surface area contributed by atoms with E-state index < -0.39 is 0 Å². The van der Waals surface area contributed by atoms with Crippen molar-refractivity contribution in [1.82, 2.24) is 25.1 Å². The molecule has 0 aliphatic carbocycles. The fourth-order valence-corrected chi connectivity index (χ4v) is 1.25.